The molecule has 0 radical (unpaired) electrons. The maximum atomic E-state index is 11.6. The fourth-order valence-electron chi connectivity index (χ4n) is 5.56. The van der Waals surface area contributed by atoms with Gasteiger partial charge in [0.15, 0.2) is 0 Å². The van der Waals surface area contributed by atoms with Gasteiger partial charge in [0.1, 0.15) is 0 Å². The van der Waals surface area contributed by atoms with Gasteiger partial charge in [0.2, 0.25) is 0 Å². The largest absolute Gasteiger partial charge is 0.387 e. The van der Waals surface area contributed by atoms with Crippen molar-refractivity contribution in [2.45, 2.75) is 37.5 Å². The highest BCUT2D eigenvalue weighted by molar-refractivity contribution is 5.50. The van der Waals surface area contributed by atoms with Crippen molar-refractivity contribution in [2.75, 3.05) is 6.54 Å². The van der Waals surface area contributed by atoms with Crippen LogP contribution < -0.4 is 0 Å². The highest BCUT2D eigenvalue weighted by Crippen LogP contribution is 2.47. The summed E-state index contributed by atoms with van der Waals surface area (Å²) in [7, 11) is 0. The van der Waals surface area contributed by atoms with Crippen LogP contribution in [-0.2, 0) is 5.54 Å². The molecule has 0 spiro atoms. The van der Waals surface area contributed by atoms with Crippen LogP contribution in [0.3, 0.4) is 0 Å². The molecular formula is C31H31NO. The molecule has 5 rings (SSSR count). The van der Waals surface area contributed by atoms with Crippen LogP contribution in [0.15, 0.2) is 115 Å². The molecule has 2 heteroatoms. The van der Waals surface area contributed by atoms with Gasteiger partial charge >= 0.3 is 0 Å². The van der Waals surface area contributed by atoms with E-state index in [-0.39, 0.29) is 6.04 Å². The van der Waals surface area contributed by atoms with Gasteiger partial charge in [0.25, 0.3) is 0 Å². The molecule has 1 heterocycles. The number of hydrogen-bond donors (Lipinski definition) is 1. The second kappa shape index (κ2) is 9.35. The molecule has 0 aromatic heterocycles. The molecule has 0 bridgehead atoms. The van der Waals surface area contributed by atoms with E-state index in [1.807, 2.05) is 0 Å². The predicted molar refractivity (Wildman–Crippen MR) is 135 cm³/mol. The first-order chi connectivity index (χ1) is 16.2. The number of aliphatic hydroxyl groups is 1. The molecule has 0 saturated carbocycles. The van der Waals surface area contributed by atoms with Crippen molar-refractivity contribution in [1.29, 1.82) is 0 Å². The second-order valence-electron chi connectivity index (χ2n) is 9.07. The van der Waals surface area contributed by atoms with Gasteiger partial charge < -0.3 is 5.11 Å². The van der Waals surface area contributed by atoms with E-state index in [1.165, 1.54) is 22.3 Å². The number of benzene rings is 4. The maximum Gasteiger partial charge on any atom is 0.0976 e. The van der Waals surface area contributed by atoms with Crippen molar-refractivity contribution in [3.63, 3.8) is 0 Å². The summed E-state index contributed by atoms with van der Waals surface area (Å²) in [5.41, 5.74) is 5.39. The number of aliphatic hydroxyl groups excluding tert-OH is 1. The fraction of sp³-hybridized carbons (Fsp3) is 0.226. The number of likely N-dealkylation sites (tertiary alicyclic amines) is 1. The van der Waals surface area contributed by atoms with Gasteiger partial charge in [-0.1, -0.05) is 121 Å². The van der Waals surface area contributed by atoms with Gasteiger partial charge in [-0.3, -0.25) is 4.90 Å². The SMILES string of the molecule is Cc1ccc(C(O)[C@@H]2CCCN2C(c2ccccc2)(c2ccccc2)c2ccccc2)cc1. The zero-order chi connectivity index (χ0) is 22.7. The lowest BCUT2D eigenvalue weighted by atomic mass is 9.74. The minimum Gasteiger partial charge on any atom is -0.387 e. The standard InChI is InChI=1S/C31H31NO/c1-24-19-21-25(22-20-24)30(33)29-18-11-23-32(29)31(26-12-5-2-6-13-26,27-14-7-3-8-15-27)28-16-9-4-10-17-28/h2-10,12-17,19-22,29-30,33H,11,18,23H2,1H3/t29-,30?/m0/s1. The Labute approximate surface area is 197 Å². The molecule has 1 N–H and O–H groups in total. The Morgan fingerprint density at radius 2 is 1.15 bits per heavy atom. The Morgan fingerprint density at radius 1 is 0.697 bits per heavy atom. The lowest BCUT2D eigenvalue weighted by Crippen LogP contribution is -2.52. The van der Waals surface area contributed by atoms with Crippen molar-refractivity contribution in [3.8, 4) is 0 Å². The Bertz CT molecular complexity index is 1060. The molecule has 2 nitrogen and oxygen atoms in total. The van der Waals surface area contributed by atoms with E-state index < -0.39 is 11.6 Å². The fourth-order valence-corrected chi connectivity index (χ4v) is 5.56. The van der Waals surface area contributed by atoms with E-state index in [0.717, 1.165) is 24.9 Å². The highest BCUT2D eigenvalue weighted by atomic mass is 16.3. The summed E-state index contributed by atoms with van der Waals surface area (Å²) in [5, 5.41) is 11.6. The van der Waals surface area contributed by atoms with Gasteiger partial charge in [0.05, 0.1) is 11.6 Å². The molecule has 1 aliphatic rings. The zero-order valence-corrected chi connectivity index (χ0v) is 19.1. The third kappa shape index (κ3) is 3.90. The molecule has 33 heavy (non-hydrogen) atoms. The summed E-state index contributed by atoms with van der Waals surface area (Å²) in [6.07, 6.45) is 1.47. The highest BCUT2D eigenvalue weighted by Gasteiger charge is 2.48. The average Bonchev–Trinajstić information content (AvgIpc) is 3.37. The number of rotatable bonds is 6. The van der Waals surface area contributed by atoms with Crippen LogP contribution in [0.2, 0.25) is 0 Å². The third-order valence-electron chi connectivity index (χ3n) is 7.09. The molecular weight excluding hydrogens is 402 g/mol. The topological polar surface area (TPSA) is 23.5 Å². The van der Waals surface area contributed by atoms with Gasteiger partial charge in [-0.2, -0.15) is 0 Å². The molecule has 4 aromatic rings. The van der Waals surface area contributed by atoms with Gasteiger partial charge in [-0.15, -0.1) is 0 Å². The van der Waals surface area contributed by atoms with E-state index in [0.29, 0.717) is 0 Å². The third-order valence-corrected chi connectivity index (χ3v) is 7.09. The van der Waals surface area contributed by atoms with Crippen molar-refractivity contribution in [3.05, 3.63) is 143 Å². The molecule has 1 saturated heterocycles. The van der Waals surface area contributed by atoms with Gasteiger partial charge in [0, 0.05) is 12.6 Å². The average molecular weight is 434 g/mol. The summed E-state index contributed by atoms with van der Waals surface area (Å²) in [5.74, 6) is 0. The number of aryl methyl sites for hydroxylation is 1. The molecule has 0 amide bonds. The first-order valence-electron chi connectivity index (χ1n) is 11.9. The lowest BCUT2D eigenvalue weighted by molar-refractivity contribution is 0.0325. The summed E-state index contributed by atoms with van der Waals surface area (Å²) in [6, 6.07) is 40.7. The lowest BCUT2D eigenvalue weighted by Gasteiger charge is -2.47. The minimum absolute atomic E-state index is 0.00771. The molecule has 0 aliphatic carbocycles. The molecule has 166 valence electrons. The van der Waals surface area contributed by atoms with E-state index in [1.54, 1.807) is 0 Å². The summed E-state index contributed by atoms with van der Waals surface area (Å²) in [4.78, 5) is 2.55. The number of hydrogen-bond acceptors (Lipinski definition) is 2. The Kier molecular flexibility index (Phi) is 6.13. The summed E-state index contributed by atoms with van der Waals surface area (Å²) >= 11 is 0. The van der Waals surface area contributed by atoms with Crippen LogP contribution in [0.5, 0.6) is 0 Å². The van der Waals surface area contributed by atoms with Crippen molar-refractivity contribution in [1.82, 2.24) is 4.90 Å². The minimum atomic E-state index is -0.552. The predicted octanol–water partition coefficient (Wildman–Crippen LogP) is 6.48. The van der Waals surface area contributed by atoms with E-state index >= 15 is 0 Å². The first-order valence-corrected chi connectivity index (χ1v) is 11.9. The molecule has 1 unspecified atom stereocenters. The maximum absolute atomic E-state index is 11.6. The molecule has 2 atom stereocenters. The van der Waals surface area contributed by atoms with Crippen LogP contribution in [-0.4, -0.2) is 22.6 Å². The molecule has 1 fully saturated rings. The van der Waals surface area contributed by atoms with Crippen molar-refractivity contribution in [2.24, 2.45) is 0 Å². The van der Waals surface area contributed by atoms with Gasteiger partial charge in [-0.05, 0) is 42.0 Å². The van der Waals surface area contributed by atoms with E-state index in [2.05, 4.69) is 127 Å². The first kappa shape index (κ1) is 21.6. The normalized spacial score (nSPS) is 17.7. The molecule has 1 aliphatic heterocycles. The van der Waals surface area contributed by atoms with Crippen LogP contribution in [0.4, 0.5) is 0 Å². The quantitative estimate of drug-likeness (QED) is 0.352. The van der Waals surface area contributed by atoms with Crippen LogP contribution >= 0.6 is 0 Å². The van der Waals surface area contributed by atoms with Crippen LogP contribution in [0, 0.1) is 6.92 Å². The Balaban J connectivity index is 1.72. The van der Waals surface area contributed by atoms with Crippen LogP contribution in [0.25, 0.3) is 0 Å². The monoisotopic (exact) mass is 433 g/mol. The van der Waals surface area contributed by atoms with Crippen molar-refractivity contribution < 1.29 is 5.11 Å². The summed E-state index contributed by atoms with van der Waals surface area (Å²) in [6.45, 7) is 3.01. The van der Waals surface area contributed by atoms with Crippen LogP contribution in [0.1, 0.15) is 46.8 Å². The zero-order valence-electron chi connectivity index (χ0n) is 19.1. The second-order valence-corrected chi connectivity index (χ2v) is 9.07. The Hall–Kier alpha value is -3.20. The summed E-state index contributed by atoms with van der Waals surface area (Å²) < 4.78 is 0. The number of nitrogens with zero attached hydrogens (tertiary/aromatic N) is 1. The molecule has 4 aromatic carbocycles. The smallest absolute Gasteiger partial charge is 0.0976 e. The van der Waals surface area contributed by atoms with Gasteiger partial charge in [-0.25, -0.2) is 0 Å². The van der Waals surface area contributed by atoms with Crippen molar-refractivity contribution >= 4 is 0 Å². The van der Waals surface area contributed by atoms with E-state index in [4.69, 9.17) is 0 Å². The Morgan fingerprint density at radius 3 is 1.61 bits per heavy atom. The van der Waals surface area contributed by atoms with E-state index in [9.17, 15) is 5.11 Å².